The number of benzene rings is 1. The minimum absolute atomic E-state index is 0.199. The summed E-state index contributed by atoms with van der Waals surface area (Å²) in [5.74, 6) is 0.393. The molecule has 0 aliphatic heterocycles. The van der Waals surface area contributed by atoms with E-state index in [9.17, 15) is 8.42 Å². The molecular formula is C11H11IN2O3S. The maximum Gasteiger partial charge on any atom is 0.238 e. The highest BCUT2D eigenvalue weighted by Crippen LogP contribution is 2.15. The molecule has 2 rings (SSSR count). The molecule has 0 unspecified atom stereocenters. The lowest BCUT2D eigenvalue weighted by Crippen LogP contribution is -2.15. The first-order chi connectivity index (χ1) is 8.44. The highest BCUT2D eigenvalue weighted by molar-refractivity contribution is 14.1. The molecule has 1 heterocycles. The summed E-state index contributed by atoms with van der Waals surface area (Å²) in [5, 5.41) is 3.66. The van der Waals surface area contributed by atoms with Crippen molar-refractivity contribution in [3.63, 3.8) is 0 Å². The van der Waals surface area contributed by atoms with Crippen LogP contribution in [0.5, 0.6) is 0 Å². The minimum Gasteiger partial charge on any atom is -0.361 e. The summed E-state index contributed by atoms with van der Waals surface area (Å²) >= 11 is 2.12. The van der Waals surface area contributed by atoms with Crippen LogP contribution in [0.2, 0.25) is 0 Å². The first kappa shape index (κ1) is 13.3. The Balaban J connectivity index is 2.12. The Morgan fingerprint density at radius 3 is 2.78 bits per heavy atom. The van der Waals surface area contributed by atoms with E-state index in [4.69, 9.17) is 4.52 Å². The summed E-state index contributed by atoms with van der Waals surface area (Å²) in [5.41, 5.74) is 0.938. The van der Waals surface area contributed by atoms with Gasteiger partial charge >= 0.3 is 0 Å². The minimum atomic E-state index is -3.47. The number of hydrogen-bond acceptors (Lipinski definition) is 4. The van der Waals surface area contributed by atoms with Gasteiger partial charge in [-0.15, -0.1) is 0 Å². The van der Waals surface area contributed by atoms with Crippen LogP contribution in [0.3, 0.4) is 0 Å². The molecule has 0 atom stereocenters. The van der Waals surface area contributed by atoms with Gasteiger partial charge in [0.15, 0.2) is 0 Å². The van der Waals surface area contributed by atoms with Crippen molar-refractivity contribution >= 4 is 38.3 Å². The third-order valence-corrected chi connectivity index (χ3v) is 4.01. The topological polar surface area (TPSA) is 72.2 Å². The van der Waals surface area contributed by atoms with Gasteiger partial charge in [-0.2, -0.15) is 0 Å². The molecule has 0 bridgehead atoms. The third-order valence-electron chi connectivity index (χ3n) is 2.11. The number of aryl methyl sites for hydroxylation is 1. The molecule has 7 heteroatoms. The number of sulfonamides is 1. The van der Waals surface area contributed by atoms with Gasteiger partial charge in [-0.3, -0.25) is 4.72 Å². The fourth-order valence-electron chi connectivity index (χ4n) is 1.45. The second-order valence-corrected chi connectivity index (χ2v) is 6.77. The Labute approximate surface area is 119 Å². The number of nitrogens with zero attached hydrogens (tertiary/aromatic N) is 1. The molecule has 1 aromatic carbocycles. The van der Waals surface area contributed by atoms with Gasteiger partial charge in [0.1, 0.15) is 17.2 Å². The molecule has 18 heavy (non-hydrogen) atoms. The number of nitrogens with one attached hydrogen (secondary N) is 1. The fourth-order valence-corrected chi connectivity index (χ4v) is 3.08. The molecular weight excluding hydrogens is 367 g/mol. The van der Waals surface area contributed by atoms with Gasteiger partial charge in [0.05, 0.1) is 0 Å². The van der Waals surface area contributed by atoms with Crippen LogP contribution < -0.4 is 4.72 Å². The fraction of sp³-hybridized carbons (Fsp3) is 0.182. The second kappa shape index (κ2) is 5.27. The molecule has 0 radical (unpaired) electrons. The van der Waals surface area contributed by atoms with Gasteiger partial charge in [0, 0.05) is 15.3 Å². The van der Waals surface area contributed by atoms with Crippen molar-refractivity contribution in [2.75, 3.05) is 4.72 Å². The Hall–Kier alpha value is -1.09. The Bertz CT molecular complexity index is 652. The van der Waals surface area contributed by atoms with Gasteiger partial charge < -0.3 is 4.52 Å². The largest absolute Gasteiger partial charge is 0.361 e. The maximum absolute atomic E-state index is 11.9. The maximum atomic E-state index is 11.9. The van der Waals surface area contributed by atoms with Gasteiger partial charge in [-0.1, -0.05) is 11.2 Å². The van der Waals surface area contributed by atoms with E-state index in [0.717, 1.165) is 3.57 Å². The van der Waals surface area contributed by atoms with E-state index in [1.165, 1.54) is 0 Å². The van der Waals surface area contributed by atoms with E-state index in [2.05, 4.69) is 32.5 Å². The molecule has 0 saturated carbocycles. The van der Waals surface area contributed by atoms with Crippen LogP contribution in [0.1, 0.15) is 11.5 Å². The zero-order valence-corrected chi connectivity index (χ0v) is 12.5. The lowest BCUT2D eigenvalue weighted by atomic mass is 10.3. The molecule has 0 aliphatic carbocycles. The van der Waals surface area contributed by atoms with Crippen molar-refractivity contribution in [3.8, 4) is 0 Å². The Morgan fingerprint density at radius 1 is 1.39 bits per heavy atom. The molecule has 96 valence electrons. The van der Waals surface area contributed by atoms with Crippen LogP contribution in [-0.2, 0) is 15.8 Å². The summed E-state index contributed by atoms with van der Waals surface area (Å²) in [6, 6.07) is 8.74. The van der Waals surface area contributed by atoms with Crippen LogP contribution in [0.15, 0.2) is 34.9 Å². The van der Waals surface area contributed by atoms with Crippen LogP contribution >= 0.6 is 22.6 Å². The molecule has 0 fully saturated rings. The summed E-state index contributed by atoms with van der Waals surface area (Å²) in [6.07, 6.45) is 0. The molecule has 0 spiro atoms. The molecule has 2 aromatic rings. The van der Waals surface area contributed by atoms with Crippen molar-refractivity contribution in [2.24, 2.45) is 0 Å². The van der Waals surface area contributed by atoms with E-state index in [0.29, 0.717) is 17.1 Å². The van der Waals surface area contributed by atoms with E-state index in [-0.39, 0.29) is 5.75 Å². The average Bonchev–Trinajstić information content (AvgIpc) is 2.62. The number of aromatic nitrogens is 1. The molecule has 0 aliphatic rings. The summed E-state index contributed by atoms with van der Waals surface area (Å²) in [6.45, 7) is 1.72. The zero-order chi connectivity index (χ0) is 13.2. The molecule has 0 amide bonds. The SMILES string of the molecule is Cc1cc(CS(=O)(=O)Nc2cccc(I)c2)no1. The van der Waals surface area contributed by atoms with Crippen molar-refractivity contribution in [3.05, 3.63) is 45.4 Å². The number of rotatable bonds is 4. The van der Waals surface area contributed by atoms with E-state index >= 15 is 0 Å². The predicted molar refractivity (Wildman–Crippen MR) is 76.6 cm³/mol. The number of halogens is 1. The Kier molecular flexibility index (Phi) is 3.91. The van der Waals surface area contributed by atoms with Crippen LogP contribution in [0.4, 0.5) is 5.69 Å². The van der Waals surface area contributed by atoms with Gasteiger partial charge in [-0.25, -0.2) is 8.42 Å². The van der Waals surface area contributed by atoms with Crippen molar-refractivity contribution in [1.82, 2.24) is 5.16 Å². The third kappa shape index (κ3) is 3.70. The first-order valence-corrected chi connectivity index (χ1v) is 7.86. The lowest BCUT2D eigenvalue weighted by molar-refractivity contribution is 0.392. The predicted octanol–water partition coefficient (Wildman–Crippen LogP) is 2.53. The summed E-state index contributed by atoms with van der Waals surface area (Å²) in [4.78, 5) is 0. The average molecular weight is 378 g/mol. The zero-order valence-electron chi connectivity index (χ0n) is 9.55. The van der Waals surface area contributed by atoms with Crippen LogP contribution in [0, 0.1) is 10.5 Å². The van der Waals surface area contributed by atoms with Crippen LogP contribution in [-0.4, -0.2) is 13.6 Å². The standard InChI is InChI=1S/C11H11IN2O3S/c1-8-5-11(13-17-8)7-18(15,16)14-10-4-2-3-9(12)6-10/h2-6,14H,7H2,1H3. The van der Waals surface area contributed by atoms with E-state index in [1.807, 2.05) is 6.07 Å². The highest BCUT2D eigenvalue weighted by Gasteiger charge is 2.14. The van der Waals surface area contributed by atoms with Crippen molar-refractivity contribution in [2.45, 2.75) is 12.7 Å². The lowest BCUT2D eigenvalue weighted by Gasteiger charge is -2.06. The highest BCUT2D eigenvalue weighted by atomic mass is 127. The van der Waals surface area contributed by atoms with Gasteiger partial charge in [-0.05, 0) is 47.7 Å². The molecule has 5 nitrogen and oxygen atoms in total. The van der Waals surface area contributed by atoms with E-state index in [1.54, 1.807) is 31.2 Å². The molecule has 0 saturated heterocycles. The molecule has 1 N–H and O–H groups in total. The van der Waals surface area contributed by atoms with E-state index < -0.39 is 10.0 Å². The quantitative estimate of drug-likeness (QED) is 0.830. The van der Waals surface area contributed by atoms with Crippen molar-refractivity contribution in [1.29, 1.82) is 0 Å². The molecule has 1 aromatic heterocycles. The van der Waals surface area contributed by atoms with Gasteiger partial charge in [0.2, 0.25) is 10.0 Å². The first-order valence-electron chi connectivity index (χ1n) is 5.13. The Morgan fingerprint density at radius 2 is 2.17 bits per heavy atom. The van der Waals surface area contributed by atoms with Crippen molar-refractivity contribution < 1.29 is 12.9 Å². The van der Waals surface area contributed by atoms with Crippen LogP contribution in [0.25, 0.3) is 0 Å². The summed E-state index contributed by atoms with van der Waals surface area (Å²) in [7, 11) is -3.47. The normalized spacial score (nSPS) is 11.4. The second-order valence-electron chi connectivity index (χ2n) is 3.80. The van der Waals surface area contributed by atoms with Gasteiger partial charge in [0.25, 0.3) is 0 Å². The number of hydrogen-bond donors (Lipinski definition) is 1. The smallest absolute Gasteiger partial charge is 0.238 e. The number of anilines is 1. The summed E-state index contributed by atoms with van der Waals surface area (Å²) < 4.78 is 32.1. The monoisotopic (exact) mass is 378 g/mol.